The Balaban J connectivity index is 2.96. The summed E-state index contributed by atoms with van der Waals surface area (Å²) >= 11 is 0. The summed E-state index contributed by atoms with van der Waals surface area (Å²) in [5.74, 6) is 2.41. The molecule has 0 aliphatic rings. The van der Waals surface area contributed by atoms with Crippen LogP contribution in [-0.2, 0) is 0 Å². The van der Waals surface area contributed by atoms with Crippen molar-refractivity contribution in [2.24, 2.45) is 5.41 Å². The fourth-order valence-corrected chi connectivity index (χ4v) is 0.872. The van der Waals surface area contributed by atoms with Crippen molar-refractivity contribution in [1.82, 2.24) is 4.67 Å². The van der Waals surface area contributed by atoms with Gasteiger partial charge in [-0.2, -0.15) is 0 Å². The quantitative estimate of drug-likeness (QED) is 0.381. The van der Waals surface area contributed by atoms with Gasteiger partial charge in [0.2, 0.25) is 0 Å². The molecule has 0 saturated heterocycles. The molecule has 0 saturated carbocycles. The molecule has 78 valence electrons. The van der Waals surface area contributed by atoms with Gasteiger partial charge in [-0.1, -0.05) is 39.0 Å². The summed E-state index contributed by atoms with van der Waals surface area (Å²) in [6, 6.07) is 9.63. The van der Waals surface area contributed by atoms with Crippen LogP contribution in [0.4, 0.5) is 0 Å². The van der Waals surface area contributed by atoms with Crippen molar-refractivity contribution >= 4 is 12.1 Å². The molecule has 0 N–H and O–H groups in total. The monoisotopic (exact) mass is 201 g/mol. The van der Waals surface area contributed by atoms with E-state index in [9.17, 15) is 5.11 Å². The molecule has 2 heteroatoms. The molecular weight excluding hydrogens is 186 g/mol. The number of nitrogens with zero attached hydrogens (tertiary/aromatic N) is 1. The SMILES string of the molecule is CC(C)(C)C([O-])=C=[N+]=Cc1ccccc1. The highest BCUT2D eigenvalue weighted by Gasteiger charge is 2.10. The number of allylic oxidation sites excluding steroid dienone is 1. The first-order valence-electron chi connectivity index (χ1n) is 4.89. The first kappa shape index (κ1) is 11.3. The van der Waals surface area contributed by atoms with Gasteiger partial charge < -0.3 is 5.11 Å². The summed E-state index contributed by atoms with van der Waals surface area (Å²) in [5, 5.41) is 11.4. The van der Waals surface area contributed by atoms with E-state index in [1.807, 2.05) is 51.1 Å². The lowest BCUT2D eigenvalue weighted by Gasteiger charge is -2.21. The number of rotatable bonds is 1. The summed E-state index contributed by atoms with van der Waals surface area (Å²) in [4.78, 5) is 0. The van der Waals surface area contributed by atoms with Gasteiger partial charge in [0.25, 0.3) is 5.87 Å². The van der Waals surface area contributed by atoms with E-state index in [-0.39, 0.29) is 5.76 Å². The van der Waals surface area contributed by atoms with Gasteiger partial charge in [0.1, 0.15) is 0 Å². The van der Waals surface area contributed by atoms with Gasteiger partial charge in [0, 0.05) is 5.76 Å². The van der Waals surface area contributed by atoms with Crippen molar-refractivity contribution < 1.29 is 5.11 Å². The minimum atomic E-state index is -0.409. The Morgan fingerprint density at radius 1 is 1.27 bits per heavy atom. The van der Waals surface area contributed by atoms with E-state index in [4.69, 9.17) is 0 Å². The van der Waals surface area contributed by atoms with Crippen LogP contribution in [0.3, 0.4) is 0 Å². The Bertz CT molecular complexity index is 414. The molecule has 0 fully saturated rings. The summed E-state index contributed by atoms with van der Waals surface area (Å²) < 4.78 is 3.88. The van der Waals surface area contributed by atoms with Crippen molar-refractivity contribution in [1.29, 1.82) is 0 Å². The molecule has 15 heavy (non-hydrogen) atoms. The molecule has 0 atom stereocenters. The Hall–Kier alpha value is -1.75. The van der Waals surface area contributed by atoms with E-state index >= 15 is 0 Å². The molecule has 0 heterocycles. The highest BCUT2D eigenvalue weighted by Crippen LogP contribution is 2.16. The van der Waals surface area contributed by atoms with E-state index < -0.39 is 5.41 Å². The zero-order valence-electron chi connectivity index (χ0n) is 9.32. The zero-order valence-corrected chi connectivity index (χ0v) is 9.32. The lowest BCUT2D eigenvalue weighted by molar-refractivity contribution is -0.318. The maximum absolute atomic E-state index is 11.4. The van der Waals surface area contributed by atoms with E-state index in [0.717, 1.165) is 5.56 Å². The minimum Gasteiger partial charge on any atom is -0.865 e. The maximum atomic E-state index is 11.4. The van der Waals surface area contributed by atoms with Crippen LogP contribution in [0.15, 0.2) is 36.1 Å². The van der Waals surface area contributed by atoms with Crippen molar-refractivity contribution in [3.05, 3.63) is 41.7 Å². The summed E-state index contributed by atoms with van der Waals surface area (Å²) in [6.07, 6.45) is 1.63. The van der Waals surface area contributed by atoms with Crippen LogP contribution in [0.5, 0.6) is 0 Å². The van der Waals surface area contributed by atoms with Crippen molar-refractivity contribution in [3.8, 4) is 0 Å². The van der Waals surface area contributed by atoms with Gasteiger partial charge in [0.15, 0.2) is 0 Å². The second kappa shape index (κ2) is 4.65. The first-order chi connectivity index (χ1) is 7.00. The molecule has 1 rings (SSSR count). The molecule has 0 radical (unpaired) electrons. The predicted molar refractivity (Wildman–Crippen MR) is 61.7 cm³/mol. The van der Waals surface area contributed by atoms with Gasteiger partial charge in [-0.25, -0.2) is 0 Å². The average Bonchev–Trinajstić information content (AvgIpc) is 2.18. The fourth-order valence-electron chi connectivity index (χ4n) is 0.872. The lowest BCUT2D eigenvalue weighted by atomic mass is 9.95. The molecule has 0 aromatic heterocycles. The molecule has 0 amide bonds. The number of hydrogen-bond acceptors (Lipinski definition) is 1. The highest BCUT2D eigenvalue weighted by atomic mass is 16.3. The van der Waals surface area contributed by atoms with E-state index in [1.54, 1.807) is 6.21 Å². The van der Waals surface area contributed by atoms with Gasteiger partial charge in [-0.05, 0) is 22.2 Å². The summed E-state index contributed by atoms with van der Waals surface area (Å²) in [5.41, 5.74) is 0.556. The first-order valence-corrected chi connectivity index (χ1v) is 4.89. The summed E-state index contributed by atoms with van der Waals surface area (Å²) in [7, 11) is 0. The van der Waals surface area contributed by atoms with E-state index in [2.05, 4.69) is 10.5 Å². The van der Waals surface area contributed by atoms with Crippen LogP contribution in [-0.4, -0.2) is 12.1 Å². The van der Waals surface area contributed by atoms with Crippen LogP contribution >= 0.6 is 0 Å². The van der Waals surface area contributed by atoms with Crippen LogP contribution < -0.4 is 9.77 Å². The highest BCUT2D eigenvalue weighted by molar-refractivity contribution is 5.80. The smallest absolute Gasteiger partial charge is 0.313 e. The molecule has 2 nitrogen and oxygen atoms in total. The topological polar surface area (TPSA) is 37.2 Å². The standard InChI is InChI=1S/C13H15NO/c1-13(2,3)12(15)10-14-9-11-7-5-4-6-8-11/h4-9H,1-3H3. The van der Waals surface area contributed by atoms with Gasteiger partial charge in [0.05, 0.1) is 5.56 Å². The number of benzene rings is 1. The van der Waals surface area contributed by atoms with Gasteiger partial charge in [-0.3, -0.25) is 0 Å². The van der Waals surface area contributed by atoms with E-state index in [1.165, 1.54) is 0 Å². The van der Waals surface area contributed by atoms with Crippen molar-refractivity contribution in [2.45, 2.75) is 20.8 Å². The molecule has 0 spiro atoms. The lowest BCUT2D eigenvalue weighted by Crippen LogP contribution is -2.21. The van der Waals surface area contributed by atoms with Crippen molar-refractivity contribution in [2.75, 3.05) is 0 Å². The second-order valence-corrected chi connectivity index (χ2v) is 4.36. The second-order valence-electron chi connectivity index (χ2n) is 4.36. The third-order valence-electron chi connectivity index (χ3n) is 1.86. The Kier molecular flexibility index (Phi) is 3.51. The van der Waals surface area contributed by atoms with Crippen LogP contribution in [0, 0.1) is 5.41 Å². The van der Waals surface area contributed by atoms with Gasteiger partial charge >= 0.3 is 6.21 Å². The van der Waals surface area contributed by atoms with E-state index in [0.29, 0.717) is 0 Å². The van der Waals surface area contributed by atoms with Crippen molar-refractivity contribution in [3.63, 3.8) is 0 Å². The van der Waals surface area contributed by atoms with Crippen LogP contribution in [0.2, 0.25) is 0 Å². The Morgan fingerprint density at radius 3 is 2.40 bits per heavy atom. The Morgan fingerprint density at radius 2 is 1.87 bits per heavy atom. The molecule has 0 bridgehead atoms. The fraction of sp³-hybridized carbons (Fsp3) is 0.308. The normalized spacial score (nSPS) is 10.1. The van der Waals surface area contributed by atoms with Crippen LogP contribution in [0.1, 0.15) is 26.3 Å². The third kappa shape index (κ3) is 3.86. The Labute approximate surface area is 90.3 Å². The predicted octanol–water partition coefficient (Wildman–Crippen LogP) is 1.13. The van der Waals surface area contributed by atoms with Crippen LogP contribution in [0.25, 0.3) is 0 Å². The zero-order chi connectivity index (χ0) is 11.3. The molecule has 0 aliphatic carbocycles. The maximum Gasteiger partial charge on any atom is 0.313 e. The molecule has 0 aliphatic heterocycles. The average molecular weight is 201 g/mol. The molecular formula is C13H15NO. The summed E-state index contributed by atoms with van der Waals surface area (Å²) in [6.45, 7) is 5.54. The third-order valence-corrected chi connectivity index (χ3v) is 1.86. The minimum absolute atomic E-state index is 0.0883. The van der Waals surface area contributed by atoms with Gasteiger partial charge in [-0.15, -0.1) is 0 Å². The largest absolute Gasteiger partial charge is 0.865 e. The molecule has 1 aromatic carbocycles. The molecule has 1 aromatic rings. The number of hydrogen-bond donors (Lipinski definition) is 0. The molecule has 0 unspecified atom stereocenters.